The lowest BCUT2D eigenvalue weighted by Gasteiger charge is -2.25. The summed E-state index contributed by atoms with van der Waals surface area (Å²) in [7, 11) is 0. The van der Waals surface area contributed by atoms with E-state index in [9.17, 15) is 9.90 Å². The molecule has 1 unspecified atom stereocenters. The highest BCUT2D eigenvalue weighted by atomic mass is 16.5. The molecule has 1 aliphatic heterocycles. The Kier molecular flexibility index (Phi) is 6.31. The molecule has 8 heteroatoms. The molecule has 172 valence electrons. The van der Waals surface area contributed by atoms with Gasteiger partial charge in [0.05, 0.1) is 12.6 Å². The van der Waals surface area contributed by atoms with Gasteiger partial charge in [-0.05, 0) is 39.2 Å². The van der Waals surface area contributed by atoms with E-state index in [-0.39, 0.29) is 18.4 Å². The van der Waals surface area contributed by atoms with Crippen LogP contribution in [0.25, 0.3) is 0 Å². The first-order valence-electron chi connectivity index (χ1n) is 11.2. The van der Waals surface area contributed by atoms with Gasteiger partial charge in [0.25, 0.3) is 0 Å². The van der Waals surface area contributed by atoms with Crippen molar-refractivity contribution in [2.45, 2.75) is 25.1 Å². The van der Waals surface area contributed by atoms with E-state index in [4.69, 9.17) is 4.74 Å². The van der Waals surface area contributed by atoms with Crippen molar-refractivity contribution in [3.05, 3.63) is 107 Å². The zero-order chi connectivity index (χ0) is 23.3. The van der Waals surface area contributed by atoms with Gasteiger partial charge in [-0.1, -0.05) is 66.7 Å². The topological polar surface area (TPSA) is 93.4 Å². The van der Waals surface area contributed by atoms with Crippen LogP contribution in [0.3, 0.4) is 0 Å². The number of nitrogens with zero attached hydrogens (tertiary/aromatic N) is 5. The Balaban J connectivity index is 1.43. The molecule has 0 bridgehead atoms. The molecule has 1 atom stereocenters. The second-order valence-electron chi connectivity index (χ2n) is 8.28. The summed E-state index contributed by atoms with van der Waals surface area (Å²) in [5.41, 5.74) is 3.70. The van der Waals surface area contributed by atoms with Crippen molar-refractivity contribution < 1.29 is 14.6 Å². The third-order valence-corrected chi connectivity index (χ3v) is 6.08. The van der Waals surface area contributed by atoms with Crippen molar-refractivity contribution >= 4 is 5.91 Å². The van der Waals surface area contributed by atoms with E-state index in [1.54, 1.807) is 4.90 Å². The van der Waals surface area contributed by atoms with Crippen molar-refractivity contribution in [3.63, 3.8) is 0 Å². The van der Waals surface area contributed by atoms with E-state index in [1.165, 1.54) is 11.0 Å². The van der Waals surface area contributed by atoms with E-state index >= 15 is 0 Å². The number of hydrogen-bond donors (Lipinski definition) is 1. The van der Waals surface area contributed by atoms with Crippen LogP contribution in [0.15, 0.2) is 85.2 Å². The summed E-state index contributed by atoms with van der Waals surface area (Å²) < 4.78 is 7.31. The third-order valence-electron chi connectivity index (χ3n) is 6.08. The monoisotopic (exact) mass is 455 g/mol. The predicted octanol–water partition coefficient (Wildman–Crippen LogP) is 2.96. The van der Waals surface area contributed by atoms with Gasteiger partial charge in [0.2, 0.25) is 5.91 Å². The minimum absolute atomic E-state index is 0.0642. The highest BCUT2D eigenvalue weighted by Crippen LogP contribution is 2.38. The summed E-state index contributed by atoms with van der Waals surface area (Å²) in [6.07, 6.45) is 0.644. The lowest BCUT2D eigenvalue weighted by molar-refractivity contribution is -0.132. The van der Waals surface area contributed by atoms with Crippen LogP contribution in [0.1, 0.15) is 34.3 Å². The summed E-state index contributed by atoms with van der Waals surface area (Å²) in [6.45, 7) is 1.31. The Morgan fingerprint density at radius 2 is 1.68 bits per heavy atom. The Bertz CT molecular complexity index is 1190. The number of carbonyl (C=O) groups excluding carboxylic acids is 1. The quantitative estimate of drug-likeness (QED) is 0.481. The van der Waals surface area contributed by atoms with Crippen molar-refractivity contribution in [3.8, 4) is 5.75 Å². The van der Waals surface area contributed by atoms with Crippen molar-refractivity contribution in [1.82, 2.24) is 25.1 Å². The number of hydrogen-bond acceptors (Lipinski definition) is 6. The van der Waals surface area contributed by atoms with Crippen molar-refractivity contribution in [1.29, 1.82) is 0 Å². The predicted molar refractivity (Wildman–Crippen MR) is 125 cm³/mol. The Hall–Kier alpha value is -4.04. The molecule has 3 aromatic carbocycles. The molecule has 5 rings (SSSR count). The van der Waals surface area contributed by atoms with Crippen molar-refractivity contribution in [2.75, 3.05) is 13.2 Å². The lowest BCUT2D eigenvalue weighted by atomic mass is 9.83. The number of amides is 1. The number of tetrazole rings is 1. The molecule has 1 amide bonds. The fourth-order valence-electron chi connectivity index (χ4n) is 4.37. The Morgan fingerprint density at radius 1 is 0.971 bits per heavy atom. The van der Waals surface area contributed by atoms with Crippen molar-refractivity contribution in [2.24, 2.45) is 0 Å². The van der Waals surface area contributed by atoms with Crippen LogP contribution < -0.4 is 4.74 Å². The molecule has 1 N–H and O–H groups in total. The maximum absolute atomic E-state index is 12.8. The van der Waals surface area contributed by atoms with Gasteiger partial charge in [-0.2, -0.15) is 0 Å². The number of aliphatic hydroxyl groups excluding tert-OH is 1. The molecule has 0 radical (unpaired) electrons. The van der Waals surface area contributed by atoms with Gasteiger partial charge >= 0.3 is 0 Å². The number of carbonyl (C=O) groups is 1. The summed E-state index contributed by atoms with van der Waals surface area (Å²) in [4.78, 5) is 14.6. The first kappa shape index (κ1) is 21.8. The molecule has 8 nitrogen and oxygen atoms in total. The zero-order valence-electron chi connectivity index (χ0n) is 18.6. The molecule has 0 fully saturated rings. The third kappa shape index (κ3) is 4.67. The number of rotatable bonds is 6. The minimum Gasteiger partial charge on any atom is -0.491 e. The second kappa shape index (κ2) is 9.84. The number of aliphatic hydroxyl groups is 1. The van der Waals surface area contributed by atoms with Crippen LogP contribution in [-0.4, -0.2) is 49.3 Å². The summed E-state index contributed by atoms with van der Waals surface area (Å²) >= 11 is 0. The molecule has 34 heavy (non-hydrogen) atoms. The number of aromatic nitrogens is 4. The van der Waals surface area contributed by atoms with Crippen LogP contribution in [-0.2, 0) is 17.9 Å². The molecule has 4 aromatic rings. The van der Waals surface area contributed by atoms with Crippen LogP contribution in [0.2, 0.25) is 0 Å². The van der Waals surface area contributed by atoms with Gasteiger partial charge in [-0.25, -0.2) is 4.68 Å². The van der Waals surface area contributed by atoms with Gasteiger partial charge < -0.3 is 14.7 Å². The summed E-state index contributed by atoms with van der Waals surface area (Å²) in [5, 5.41) is 22.5. The minimum atomic E-state index is -0.774. The fraction of sp³-hybridized carbons (Fsp3) is 0.231. The molecule has 0 spiro atoms. The standard InChI is InChI=1S/C26H25N5O3/c32-24(17-31-18-27-28-29-31)30-13-14-34-23-12-11-21(15-22(23)16-30)26(33)25(19-7-3-1-4-8-19)20-9-5-2-6-10-20/h1-12,15,18,25-26,33H,13-14,16-17H2. The maximum Gasteiger partial charge on any atom is 0.244 e. The molecule has 0 saturated carbocycles. The van der Waals surface area contributed by atoms with Gasteiger partial charge in [0.1, 0.15) is 25.2 Å². The van der Waals surface area contributed by atoms with E-state index in [2.05, 4.69) is 15.5 Å². The molecule has 2 heterocycles. The number of fused-ring (bicyclic) bond motifs is 1. The van der Waals surface area contributed by atoms with Gasteiger partial charge in [-0.15, -0.1) is 5.10 Å². The fourth-order valence-corrected chi connectivity index (χ4v) is 4.37. The summed E-state index contributed by atoms with van der Waals surface area (Å²) in [6, 6.07) is 25.7. The van der Waals surface area contributed by atoms with E-state index in [1.807, 2.05) is 78.9 Å². The molecule has 1 aliphatic rings. The number of benzene rings is 3. The SMILES string of the molecule is O=C(Cn1cnnn1)N1CCOc2ccc(C(O)C(c3ccccc3)c3ccccc3)cc2C1. The van der Waals surface area contributed by atoms with Crippen LogP contribution in [0, 0.1) is 0 Å². The first-order valence-corrected chi connectivity index (χ1v) is 11.2. The largest absolute Gasteiger partial charge is 0.491 e. The Morgan fingerprint density at radius 3 is 2.32 bits per heavy atom. The maximum atomic E-state index is 12.8. The van der Waals surface area contributed by atoms with Gasteiger partial charge in [-0.3, -0.25) is 4.79 Å². The summed E-state index contributed by atoms with van der Waals surface area (Å²) in [5.74, 6) is 0.399. The van der Waals surface area contributed by atoms with E-state index < -0.39 is 6.10 Å². The molecule has 1 aromatic heterocycles. The first-order chi connectivity index (χ1) is 16.7. The van der Waals surface area contributed by atoms with Gasteiger partial charge in [0, 0.05) is 18.0 Å². The van der Waals surface area contributed by atoms with E-state index in [0.29, 0.717) is 19.7 Å². The highest BCUT2D eigenvalue weighted by Gasteiger charge is 2.27. The zero-order valence-corrected chi connectivity index (χ0v) is 18.6. The lowest BCUT2D eigenvalue weighted by Crippen LogP contribution is -2.35. The second-order valence-corrected chi connectivity index (χ2v) is 8.28. The average Bonchev–Trinajstić information content (AvgIpc) is 3.29. The normalized spacial score (nSPS) is 14.2. The van der Waals surface area contributed by atoms with Gasteiger partial charge in [0.15, 0.2) is 0 Å². The molecule has 0 aliphatic carbocycles. The average molecular weight is 456 g/mol. The molecular weight excluding hydrogens is 430 g/mol. The number of ether oxygens (including phenoxy) is 1. The van der Waals surface area contributed by atoms with Crippen LogP contribution in [0.4, 0.5) is 0 Å². The van der Waals surface area contributed by atoms with E-state index in [0.717, 1.165) is 28.0 Å². The Labute approximate surface area is 197 Å². The van der Waals surface area contributed by atoms with Crippen LogP contribution >= 0.6 is 0 Å². The highest BCUT2D eigenvalue weighted by molar-refractivity contribution is 5.76. The van der Waals surface area contributed by atoms with Crippen LogP contribution in [0.5, 0.6) is 5.75 Å². The smallest absolute Gasteiger partial charge is 0.244 e. The molecule has 0 saturated heterocycles. The molecular formula is C26H25N5O3.